The molecule has 6 nitrogen and oxygen atoms in total. The predicted molar refractivity (Wildman–Crippen MR) is 159 cm³/mol. The van der Waals surface area contributed by atoms with Crippen molar-refractivity contribution in [1.29, 1.82) is 5.26 Å². The van der Waals surface area contributed by atoms with Gasteiger partial charge in [0.1, 0.15) is 17.3 Å². The fraction of sp³-hybridized carbons (Fsp3) is 0.0588. The lowest BCUT2D eigenvalue weighted by molar-refractivity contribution is 0.483. The number of nitriles is 1. The Morgan fingerprint density at radius 1 is 0.775 bits per heavy atom. The van der Waals surface area contributed by atoms with Crippen LogP contribution in [0.1, 0.15) is 11.1 Å². The van der Waals surface area contributed by atoms with Gasteiger partial charge in [0, 0.05) is 46.6 Å². The maximum atomic E-state index is 9.61. The maximum Gasteiger partial charge on any atom is 0.138 e. The van der Waals surface area contributed by atoms with E-state index in [4.69, 9.17) is 9.72 Å². The van der Waals surface area contributed by atoms with Crippen LogP contribution in [-0.4, -0.2) is 16.2 Å². The molecule has 0 radical (unpaired) electrons. The van der Waals surface area contributed by atoms with Gasteiger partial charge in [0.25, 0.3) is 0 Å². The van der Waals surface area contributed by atoms with Crippen molar-refractivity contribution in [3.63, 3.8) is 0 Å². The monoisotopic (exact) mass is 517 g/mol. The van der Waals surface area contributed by atoms with E-state index in [9.17, 15) is 5.26 Å². The Balaban J connectivity index is 1.45. The number of aryl methyl sites for hydroxylation is 1. The molecule has 4 aromatic carbocycles. The number of para-hydroxylation sites is 1. The van der Waals surface area contributed by atoms with Crippen LogP contribution < -0.4 is 14.5 Å². The van der Waals surface area contributed by atoms with Crippen molar-refractivity contribution in [2.75, 3.05) is 16.5 Å². The van der Waals surface area contributed by atoms with E-state index in [0.717, 1.165) is 61.8 Å². The molecule has 0 unspecified atom stereocenters. The third kappa shape index (κ3) is 3.38. The summed E-state index contributed by atoms with van der Waals surface area (Å²) in [5.74, 6) is 2.30. The zero-order valence-electron chi connectivity index (χ0n) is 21.7. The minimum Gasteiger partial charge on any atom is -0.457 e. The van der Waals surface area contributed by atoms with Crippen molar-refractivity contribution >= 4 is 33.2 Å². The van der Waals surface area contributed by atoms with Crippen LogP contribution in [0.25, 0.3) is 38.9 Å². The standard InChI is InChI=1S/C34H23N5O/c1-22-5-2-8-28-30-9-4-10-33(36-30)39-31-14-11-23(20-35)17-29(31)27-13-12-26(19-32(27)39)40-25-7-3-6-24(18-25)37-15-16-38(21-37)34(22)28/h2-19H,21H2,1H3. The molecule has 0 atom stereocenters. The third-order valence-corrected chi connectivity index (χ3v) is 7.75. The van der Waals surface area contributed by atoms with Crippen molar-refractivity contribution in [2.45, 2.75) is 6.92 Å². The summed E-state index contributed by atoms with van der Waals surface area (Å²) in [6.45, 7) is 2.83. The molecule has 4 heterocycles. The van der Waals surface area contributed by atoms with Gasteiger partial charge in [0.05, 0.1) is 40.7 Å². The van der Waals surface area contributed by atoms with Gasteiger partial charge < -0.3 is 14.5 Å². The van der Waals surface area contributed by atoms with Crippen LogP contribution in [-0.2, 0) is 0 Å². The van der Waals surface area contributed by atoms with Gasteiger partial charge >= 0.3 is 0 Å². The van der Waals surface area contributed by atoms with Crippen LogP contribution in [0.2, 0.25) is 0 Å². The Hall–Kier alpha value is -5.54. The molecule has 0 spiro atoms. The van der Waals surface area contributed by atoms with E-state index in [1.165, 1.54) is 5.56 Å². The largest absolute Gasteiger partial charge is 0.457 e. The van der Waals surface area contributed by atoms with Crippen molar-refractivity contribution in [2.24, 2.45) is 0 Å². The van der Waals surface area contributed by atoms with Gasteiger partial charge in [-0.1, -0.05) is 30.3 Å². The van der Waals surface area contributed by atoms with E-state index in [1.54, 1.807) is 0 Å². The average Bonchev–Trinajstić information content (AvgIpc) is 3.59. The molecule has 0 fully saturated rings. The zero-order valence-corrected chi connectivity index (χ0v) is 21.7. The summed E-state index contributed by atoms with van der Waals surface area (Å²) in [6, 6.07) is 34.9. The molecule has 6 heteroatoms. The maximum absolute atomic E-state index is 9.61. The number of aromatic nitrogens is 2. The highest BCUT2D eigenvalue weighted by Gasteiger charge is 2.22. The Bertz CT molecular complexity index is 2070. The van der Waals surface area contributed by atoms with Gasteiger partial charge in [-0.2, -0.15) is 5.26 Å². The third-order valence-electron chi connectivity index (χ3n) is 7.75. The first-order valence-corrected chi connectivity index (χ1v) is 13.2. The lowest BCUT2D eigenvalue weighted by atomic mass is 10.0. The second-order valence-corrected chi connectivity index (χ2v) is 10.2. The molecule has 6 aromatic rings. The molecule has 8 rings (SSSR count). The number of hydrogen-bond acceptors (Lipinski definition) is 5. The summed E-state index contributed by atoms with van der Waals surface area (Å²) in [6.07, 6.45) is 4.23. The Morgan fingerprint density at radius 2 is 1.62 bits per heavy atom. The van der Waals surface area contributed by atoms with Crippen molar-refractivity contribution in [3.8, 4) is 34.6 Å². The van der Waals surface area contributed by atoms with Crippen LogP contribution in [0.15, 0.2) is 109 Å². The summed E-state index contributed by atoms with van der Waals surface area (Å²) in [5.41, 5.74) is 7.92. The molecule has 8 bridgehead atoms. The Labute approximate surface area is 231 Å². The molecule has 2 aliphatic heterocycles. The number of anilines is 2. The van der Waals surface area contributed by atoms with Crippen molar-refractivity contribution in [1.82, 2.24) is 9.55 Å². The summed E-state index contributed by atoms with van der Waals surface area (Å²) in [7, 11) is 0. The fourth-order valence-corrected chi connectivity index (χ4v) is 5.92. The molecule has 0 aliphatic carbocycles. The van der Waals surface area contributed by atoms with Gasteiger partial charge in [-0.05, 0) is 67.1 Å². The molecule has 0 saturated carbocycles. The number of benzene rings is 4. The quantitative estimate of drug-likeness (QED) is 0.205. The number of fused-ring (bicyclic) bond motifs is 15. The number of ether oxygens (including phenoxy) is 1. The number of hydrogen-bond donors (Lipinski definition) is 0. The molecule has 190 valence electrons. The van der Waals surface area contributed by atoms with E-state index in [1.807, 2.05) is 42.5 Å². The fourth-order valence-electron chi connectivity index (χ4n) is 5.92. The Kier molecular flexibility index (Phi) is 4.76. The first kappa shape index (κ1) is 22.4. The topological polar surface area (TPSA) is 57.3 Å². The van der Waals surface area contributed by atoms with Crippen LogP contribution in [0.5, 0.6) is 11.5 Å². The van der Waals surface area contributed by atoms with Crippen LogP contribution in [0.3, 0.4) is 0 Å². The molecule has 40 heavy (non-hydrogen) atoms. The SMILES string of the molecule is Cc1cccc2c1N1C=CN(C1)c1cccc(c1)Oc1ccc3c4cc(C#N)ccc4n(c3c1)-c1cccc-2n1. The highest BCUT2D eigenvalue weighted by atomic mass is 16.5. The van der Waals surface area contributed by atoms with E-state index < -0.39 is 0 Å². The molecule has 2 aromatic heterocycles. The zero-order chi connectivity index (χ0) is 26.8. The first-order valence-electron chi connectivity index (χ1n) is 13.2. The van der Waals surface area contributed by atoms with Gasteiger partial charge in [-0.25, -0.2) is 4.98 Å². The summed E-state index contributed by atoms with van der Waals surface area (Å²) >= 11 is 0. The van der Waals surface area contributed by atoms with Crippen LogP contribution in [0.4, 0.5) is 11.4 Å². The summed E-state index contributed by atoms with van der Waals surface area (Å²) < 4.78 is 8.57. The van der Waals surface area contributed by atoms with Gasteiger partial charge in [-0.3, -0.25) is 4.57 Å². The second-order valence-electron chi connectivity index (χ2n) is 10.2. The van der Waals surface area contributed by atoms with Crippen molar-refractivity contribution < 1.29 is 4.74 Å². The summed E-state index contributed by atoms with van der Waals surface area (Å²) in [4.78, 5) is 9.71. The lowest BCUT2D eigenvalue weighted by Crippen LogP contribution is -2.25. The summed E-state index contributed by atoms with van der Waals surface area (Å²) in [5, 5.41) is 11.7. The molecule has 0 N–H and O–H groups in total. The molecule has 0 amide bonds. The van der Waals surface area contributed by atoms with Crippen LogP contribution >= 0.6 is 0 Å². The van der Waals surface area contributed by atoms with Crippen molar-refractivity contribution in [3.05, 3.63) is 121 Å². The smallest absolute Gasteiger partial charge is 0.138 e. The molecular formula is C34H23N5O. The minimum absolute atomic E-state index is 0.625. The molecule has 2 aliphatic rings. The minimum atomic E-state index is 0.625. The van der Waals surface area contributed by atoms with Gasteiger partial charge in [-0.15, -0.1) is 0 Å². The molecule has 0 saturated heterocycles. The first-order chi connectivity index (χ1) is 19.7. The van der Waals surface area contributed by atoms with E-state index in [-0.39, 0.29) is 0 Å². The van der Waals surface area contributed by atoms with Crippen LogP contribution in [0, 0.1) is 18.3 Å². The normalized spacial score (nSPS) is 13.5. The second kappa shape index (κ2) is 8.48. The van der Waals surface area contributed by atoms with E-state index >= 15 is 0 Å². The highest BCUT2D eigenvalue weighted by molar-refractivity contribution is 6.10. The lowest BCUT2D eigenvalue weighted by Gasteiger charge is -2.25. The average molecular weight is 518 g/mol. The Morgan fingerprint density at radius 3 is 2.55 bits per heavy atom. The van der Waals surface area contributed by atoms with E-state index in [0.29, 0.717) is 12.2 Å². The van der Waals surface area contributed by atoms with E-state index in [2.05, 4.69) is 94.4 Å². The highest BCUT2D eigenvalue weighted by Crippen LogP contribution is 2.39. The predicted octanol–water partition coefficient (Wildman–Crippen LogP) is 7.89. The number of pyridine rings is 1. The number of rotatable bonds is 0. The number of nitrogens with zero attached hydrogens (tertiary/aromatic N) is 5. The molecular weight excluding hydrogens is 494 g/mol. The van der Waals surface area contributed by atoms with Gasteiger partial charge in [0.2, 0.25) is 0 Å². The van der Waals surface area contributed by atoms with Gasteiger partial charge in [0.15, 0.2) is 0 Å².